The number of hydrogen-bond donors (Lipinski definition) is 1. The van der Waals surface area contributed by atoms with E-state index in [0.717, 1.165) is 60.9 Å². The van der Waals surface area contributed by atoms with E-state index >= 15 is 0 Å². The lowest BCUT2D eigenvalue weighted by Crippen LogP contribution is -2.39. The molecule has 1 N–H and O–H groups in total. The maximum Gasteiger partial charge on any atom is 0.225 e. The van der Waals surface area contributed by atoms with Gasteiger partial charge in [0.1, 0.15) is 17.7 Å². The van der Waals surface area contributed by atoms with Crippen molar-refractivity contribution in [1.29, 1.82) is 0 Å². The first-order chi connectivity index (χ1) is 15.1. The van der Waals surface area contributed by atoms with Gasteiger partial charge in [0, 0.05) is 38.3 Å². The number of nitrogens with one attached hydrogen (secondary N) is 1. The summed E-state index contributed by atoms with van der Waals surface area (Å²) < 4.78 is 20.0. The summed E-state index contributed by atoms with van der Waals surface area (Å²) in [7, 11) is 0. The van der Waals surface area contributed by atoms with E-state index in [9.17, 15) is 4.39 Å². The number of benzene rings is 1. The second-order valence-corrected chi connectivity index (χ2v) is 7.87. The number of rotatable bonds is 7. The minimum Gasteiger partial charge on any atom is -0.489 e. The van der Waals surface area contributed by atoms with Gasteiger partial charge in [-0.1, -0.05) is 13.0 Å². The van der Waals surface area contributed by atoms with Crippen LogP contribution in [0.2, 0.25) is 0 Å². The fourth-order valence-electron chi connectivity index (χ4n) is 3.59. The van der Waals surface area contributed by atoms with Gasteiger partial charge in [-0.2, -0.15) is 0 Å². The Bertz CT molecular complexity index is 986. The van der Waals surface area contributed by atoms with Crippen LogP contribution < -0.4 is 15.0 Å². The van der Waals surface area contributed by atoms with Crippen LogP contribution in [-0.4, -0.2) is 34.1 Å². The Morgan fingerprint density at radius 1 is 1.06 bits per heavy atom. The molecule has 7 heteroatoms. The predicted molar refractivity (Wildman–Crippen MR) is 120 cm³/mol. The van der Waals surface area contributed by atoms with Crippen molar-refractivity contribution in [3.05, 3.63) is 71.6 Å². The molecule has 0 bridgehead atoms. The highest BCUT2D eigenvalue weighted by Gasteiger charge is 2.22. The van der Waals surface area contributed by atoms with Crippen LogP contribution in [0.5, 0.6) is 5.75 Å². The van der Waals surface area contributed by atoms with Crippen molar-refractivity contribution in [2.45, 2.75) is 45.8 Å². The molecule has 1 aliphatic heterocycles. The van der Waals surface area contributed by atoms with Gasteiger partial charge >= 0.3 is 0 Å². The lowest BCUT2D eigenvalue weighted by molar-refractivity contribution is 0.170. The highest BCUT2D eigenvalue weighted by Crippen LogP contribution is 2.21. The van der Waals surface area contributed by atoms with Crippen LogP contribution in [0.4, 0.5) is 16.0 Å². The zero-order chi connectivity index (χ0) is 21.6. The average molecular weight is 422 g/mol. The first-order valence-corrected chi connectivity index (χ1v) is 10.8. The molecule has 0 radical (unpaired) electrons. The normalized spacial score (nSPS) is 14.5. The summed E-state index contributed by atoms with van der Waals surface area (Å²) in [6.07, 6.45) is 8.46. The van der Waals surface area contributed by atoms with Gasteiger partial charge in [-0.3, -0.25) is 4.98 Å². The lowest BCUT2D eigenvalue weighted by Gasteiger charge is -2.32. The lowest BCUT2D eigenvalue weighted by atomic mass is 10.1. The first kappa shape index (κ1) is 21.0. The number of aryl methyl sites for hydroxylation is 2. The molecule has 0 unspecified atom stereocenters. The van der Waals surface area contributed by atoms with Gasteiger partial charge in [-0.05, 0) is 48.7 Å². The van der Waals surface area contributed by atoms with E-state index in [2.05, 4.69) is 32.1 Å². The summed E-state index contributed by atoms with van der Waals surface area (Å²) in [6.45, 7) is 6.16. The number of hydrogen-bond acceptors (Lipinski definition) is 6. The quantitative estimate of drug-likeness (QED) is 0.604. The summed E-state index contributed by atoms with van der Waals surface area (Å²) in [5.41, 5.74) is 3.36. The average Bonchev–Trinajstić information content (AvgIpc) is 2.80. The van der Waals surface area contributed by atoms with Crippen molar-refractivity contribution in [3.63, 3.8) is 0 Å². The number of anilines is 2. The molecule has 3 aromatic rings. The molecule has 162 valence electrons. The fourth-order valence-corrected chi connectivity index (χ4v) is 3.59. The Balaban J connectivity index is 1.25. The first-order valence-electron chi connectivity index (χ1n) is 10.8. The van der Waals surface area contributed by atoms with Crippen molar-refractivity contribution in [1.82, 2.24) is 15.0 Å². The summed E-state index contributed by atoms with van der Waals surface area (Å²) in [6, 6.07) is 8.98. The highest BCUT2D eigenvalue weighted by atomic mass is 19.1. The van der Waals surface area contributed by atoms with Gasteiger partial charge in [-0.25, -0.2) is 14.4 Å². The smallest absolute Gasteiger partial charge is 0.225 e. The molecular weight excluding hydrogens is 393 g/mol. The molecule has 31 heavy (non-hydrogen) atoms. The van der Waals surface area contributed by atoms with E-state index < -0.39 is 0 Å². The van der Waals surface area contributed by atoms with Gasteiger partial charge in [0.15, 0.2) is 0 Å². The molecule has 4 rings (SSSR count). The Kier molecular flexibility index (Phi) is 6.60. The third kappa shape index (κ3) is 5.48. The molecule has 0 amide bonds. The zero-order valence-electron chi connectivity index (χ0n) is 18.0. The highest BCUT2D eigenvalue weighted by molar-refractivity contribution is 5.46. The standard InChI is InChI=1S/C24H28FN5O/c1-3-18-13-28-24(29-14-18)30-10-8-20(9-11-30)31-21-6-5-19(26-16-21)15-27-23-7-4-17(2)12-22(23)25/h4-7,12-14,16,20,27H,3,8-11,15H2,1-2H3. The maximum atomic E-state index is 13.9. The van der Waals surface area contributed by atoms with E-state index in [1.165, 1.54) is 6.07 Å². The number of nitrogens with zero attached hydrogens (tertiary/aromatic N) is 4. The molecule has 6 nitrogen and oxygen atoms in total. The Hall–Kier alpha value is -3.22. The molecule has 0 aliphatic carbocycles. The summed E-state index contributed by atoms with van der Waals surface area (Å²) >= 11 is 0. The van der Waals surface area contributed by atoms with Crippen molar-refractivity contribution in [3.8, 4) is 5.75 Å². The van der Waals surface area contributed by atoms with Crippen LogP contribution in [0.1, 0.15) is 36.6 Å². The molecule has 0 atom stereocenters. The molecule has 1 saturated heterocycles. The van der Waals surface area contributed by atoms with Crippen LogP contribution in [0.25, 0.3) is 0 Å². The van der Waals surface area contributed by atoms with E-state index in [1.54, 1.807) is 12.3 Å². The number of aromatic nitrogens is 3. The Morgan fingerprint density at radius 3 is 2.48 bits per heavy atom. The third-order valence-corrected chi connectivity index (χ3v) is 5.51. The van der Waals surface area contributed by atoms with Gasteiger partial charge in [-0.15, -0.1) is 0 Å². The van der Waals surface area contributed by atoms with Crippen LogP contribution >= 0.6 is 0 Å². The minimum atomic E-state index is -0.252. The molecule has 3 heterocycles. The predicted octanol–water partition coefficient (Wildman–Crippen LogP) is 4.54. The minimum absolute atomic E-state index is 0.151. The third-order valence-electron chi connectivity index (χ3n) is 5.51. The number of halogens is 1. The number of pyridine rings is 1. The van der Waals surface area contributed by atoms with Crippen LogP contribution in [-0.2, 0) is 13.0 Å². The molecule has 1 fully saturated rings. The number of ether oxygens (including phenoxy) is 1. The Labute approximate surface area is 182 Å². The van der Waals surface area contributed by atoms with Crippen LogP contribution in [0.15, 0.2) is 48.9 Å². The largest absolute Gasteiger partial charge is 0.489 e. The topological polar surface area (TPSA) is 63.2 Å². The van der Waals surface area contributed by atoms with Crippen LogP contribution in [0, 0.1) is 12.7 Å². The maximum absolute atomic E-state index is 13.9. The summed E-state index contributed by atoms with van der Waals surface area (Å²) in [5.74, 6) is 1.30. The van der Waals surface area contributed by atoms with Gasteiger partial charge in [0.25, 0.3) is 0 Å². The van der Waals surface area contributed by atoms with E-state index in [4.69, 9.17) is 4.74 Å². The SMILES string of the molecule is CCc1cnc(N2CCC(Oc3ccc(CNc4ccc(C)cc4F)nc3)CC2)nc1. The van der Waals surface area contributed by atoms with E-state index in [0.29, 0.717) is 12.2 Å². The molecule has 0 spiro atoms. The molecule has 1 aromatic carbocycles. The van der Waals surface area contributed by atoms with Crippen molar-refractivity contribution in [2.24, 2.45) is 0 Å². The fraction of sp³-hybridized carbons (Fsp3) is 0.375. The van der Waals surface area contributed by atoms with E-state index in [-0.39, 0.29) is 11.9 Å². The summed E-state index contributed by atoms with van der Waals surface area (Å²) in [4.78, 5) is 15.6. The van der Waals surface area contributed by atoms with Gasteiger partial charge in [0.05, 0.1) is 24.1 Å². The van der Waals surface area contributed by atoms with Crippen LogP contribution in [0.3, 0.4) is 0 Å². The molecule has 1 aliphatic rings. The zero-order valence-corrected chi connectivity index (χ0v) is 18.0. The van der Waals surface area contributed by atoms with Gasteiger partial charge < -0.3 is 15.0 Å². The molecule has 0 saturated carbocycles. The van der Waals surface area contributed by atoms with E-state index in [1.807, 2.05) is 37.5 Å². The second-order valence-electron chi connectivity index (χ2n) is 7.87. The van der Waals surface area contributed by atoms with Crippen molar-refractivity contribution < 1.29 is 9.13 Å². The van der Waals surface area contributed by atoms with Crippen molar-refractivity contribution >= 4 is 11.6 Å². The monoisotopic (exact) mass is 421 g/mol. The summed E-state index contributed by atoms with van der Waals surface area (Å²) in [5, 5.41) is 3.09. The van der Waals surface area contributed by atoms with Crippen molar-refractivity contribution in [2.75, 3.05) is 23.3 Å². The number of piperidine rings is 1. The second kappa shape index (κ2) is 9.73. The molecule has 2 aromatic heterocycles. The van der Waals surface area contributed by atoms with Gasteiger partial charge in [0.2, 0.25) is 5.95 Å². The molecular formula is C24H28FN5O. The Morgan fingerprint density at radius 2 is 1.84 bits per heavy atom.